The zero-order chi connectivity index (χ0) is 10.6. The van der Waals surface area contributed by atoms with E-state index in [1.54, 1.807) is 18.7 Å². The van der Waals surface area contributed by atoms with Crippen molar-refractivity contribution in [1.82, 2.24) is 0 Å². The Morgan fingerprint density at radius 2 is 2.00 bits per heavy atom. The van der Waals surface area contributed by atoms with Gasteiger partial charge in [0.2, 0.25) is 0 Å². The maximum absolute atomic E-state index is 11.0. The van der Waals surface area contributed by atoms with Crippen LogP contribution in [-0.4, -0.2) is 11.0 Å². The van der Waals surface area contributed by atoms with Crippen LogP contribution in [0.2, 0.25) is 5.02 Å². The minimum absolute atomic E-state index is 0.0747. The average Bonchev–Trinajstić information content (AvgIpc) is 2.16. The summed E-state index contributed by atoms with van der Waals surface area (Å²) in [5, 5.41) is 0.823. The highest BCUT2D eigenvalue weighted by Crippen LogP contribution is 2.19. The van der Waals surface area contributed by atoms with Crippen molar-refractivity contribution in [1.29, 1.82) is 0 Å². The van der Waals surface area contributed by atoms with Crippen LogP contribution in [0.5, 0.6) is 0 Å². The Morgan fingerprint density at radius 3 is 2.50 bits per heavy atom. The minimum atomic E-state index is 0.0747. The van der Waals surface area contributed by atoms with Gasteiger partial charge in [-0.05, 0) is 31.5 Å². The Hall–Kier alpha value is -0.470. The summed E-state index contributed by atoms with van der Waals surface area (Å²) in [4.78, 5) is 11.0. The van der Waals surface area contributed by atoms with E-state index >= 15 is 0 Å². The van der Waals surface area contributed by atoms with Gasteiger partial charge >= 0.3 is 0 Å². The first kappa shape index (κ1) is 11.6. The quantitative estimate of drug-likeness (QED) is 0.784. The van der Waals surface area contributed by atoms with Crippen molar-refractivity contribution in [3.63, 3.8) is 0 Å². The van der Waals surface area contributed by atoms with Crippen LogP contribution in [0, 0.1) is 0 Å². The summed E-state index contributed by atoms with van der Waals surface area (Å²) in [5.41, 5.74) is 1.20. The molecular formula is C11H13ClOS. The smallest absolute Gasteiger partial charge is 0.142 e. The largest absolute Gasteiger partial charge is 0.299 e. The monoisotopic (exact) mass is 228 g/mol. The molecule has 76 valence electrons. The second-order valence-corrected chi connectivity index (χ2v) is 4.96. The maximum Gasteiger partial charge on any atom is 0.142 e. The van der Waals surface area contributed by atoms with E-state index in [0.29, 0.717) is 0 Å². The van der Waals surface area contributed by atoms with Crippen LogP contribution in [0.4, 0.5) is 0 Å². The Labute approximate surface area is 93.8 Å². The van der Waals surface area contributed by atoms with Gasteiger partial charge in [-0.1, -0.05) is 23.7 Å². The van der Waals surface area contributed by atoms with Crippen molar-refractivity contribution in [2.45, 2.75) is 24.9 Å². The zero-order valence-corrected chi connectivity index (χ0v) is 9.86. The van der Waals surface area contributed by atoms with Gasteiger partial charge in [0, 0.05) is 10.8 Å². The first-order valence-corrected chi connectivity index (χ1v) is 5.89. The molecule has 1 atom stereocenters. The highest BCUT2D eigenvalue weighted by molar-refractivity contribution is 7.99. The van der Waals surface area contributed by atoms with E-state index in [1.807, 2.05) is 31.2 Å². The first-order chi connectivity index (χ1) is 6.59. The molecule has 0 amide bonds. The molecule has 1 aromatic carbocycles. The molecule has 1 rings (SSSR count). The number of carbonyl (C=O) groups excluding carboxylic acids is 1. The minimum Gasteiger partial charge on any atom is -0.299 e. The number of ketones is 1. The third kappa shape index (κ3) is 3.72. The van der Waals surface area contributed by atoms with Gasteiger partial charge in [-0.25, -0.2) is 0 Å². The number of hydrogen-bond donors (Lipinski definition) is 0. The lowest BCUT2D eigenvalue weighted by Crippen LogP contribution is -2.08. The fraction of sp³-hybridized carbons (Fsp3) is 0.364. The van der Waals surface area contributed by atoms with E-state index in [2.05, 4.69) is 0 Å². The molecule has 0 spiro atoms. The SMILES string of the molecule is CC(=O)C(C)SCc1ccc(Cl)cc1. The second kappa shape index (κ2) is 5.42. The van der Waals surface area contributed by atoms with Gasteiger partial charge < -0.3 is 0 Å². The number of Topliss-reactive ketones (excluding diaryl/α,β-unsaturated/α-hetero) is 1. The molecule has 0 saturated carbocycles. The Balaban J connectivity index is 2.46. The Bertz CT molecular complexity index is 308. The highest BCUT2D eigenvalue weighted by atomic mass is 35.5. The van der Waals surface area contributed by atoms with E-state index < -0.39 is 0 Å². The van der Waals surface area contributed by atoms with Gasteiger partial charge in [-0.3, -0.25) is 4.79 Å². The summed E-state index contributed by atoms with van der Waals surface area (Å²) in [6.45, 7) is 3.56. The fourth-order valence-electron chi connectivity index (χ4n) is 0.919. The average molecular weight is 229 g/mol. The molecule has 14 heavy (non-hydrogen) atoms. The zero-order valence-electron chi connectivity index (χ0n) is 8.29. The van der Waals surface area contributed by atoms with Gasteiger partial charge in [0.25, 0.3) is 0 Å². The molecule has 0 aromatic heterocycles. The van der Waals surface area contributed by atoms with E-state index in [9.17, 15) is 4.79 Å². The topological polar surface area (TPSA) is 17.1 Å². The highest BCUT2D eigenvalue weighted by Gasteiger charge is 2.07. The molecule has 0 saturated heterocycles. The summed E-state index contributed by atoms with van der Waals surface area (Å²) >= 11 is 7.41. The van der Waals surface area contributed by atoms with Crippen LogP contribution in [0.15, 0.2) is 24.3 Å². The molecule has 0 fully saturated rings. The lowest BCUT2D eigenvalue weighted by atomic mass is 10.2. The molecule has 0 aliphatic rings. The predicted molar refractivity (Wildman–Crippen MR) is 62.9 cm³/mol. The molecule has 1 aromatic rings. The summed E-state index contributed by atoms with van der Waals surface area (Å²) < 4.78 is 0. The molecule has 0 N–H and O–H groups in total. The summed E-state index contributed by atoms with van der Waals surface area (Å²) in [6, 6.07) is 7.72. The third-order valence-corrected chi connectivity index (χ3v) is 3.57. The normalized spacial score (nSPS) is 12.5. The first-order valence-electron chi connectivity index (χ1n) is 4.46. The van der Waals surface area contributed by atoms with Crippen LogP contribution in [0.25, 0.3) is 0 Å². The van der Waals surface area contributed by atoms with Crippen LogP contribution in [0.1, 0.15) is 19.4 Å². The van der Waals surface area contributed by atoms with E-state index in [-0.39, 0.29) is 11.0 Å². The number of benzene rings is 1. The van der Waals surface area contributed by atoms with E-state index in [4.69, 9.17) is 11.6 Å². The second-order valence-electron chi connectivity index (χ2n) is 3.19. The standard InChI is InChI=1S/C11H13ClOS/c1-8(13)9(2)14-7-10-3-5-11(12)6-4-10/h3-6,9H,7H2,1-2H3. The third-order valence-electron chi connectivity index (χ3n) is 1.99. The molecule has 1 nitrogen and oxygen atoms in total. The number of thioether (sulfide) groups is 1. The Kier molecular flexibility index (Phi) is 4.49. The predicted octanol–water partition coefficient (Wildman–Crippen LogP) is 3.55. The Morgan fingerprint density at radius 1 is 1.43 bits per heavy atom. The van der Waals surface area contributed by atoms with Crippen molar-refractivity contribution in [2.24, 2.45) is 0 Å². The summed E-state index contributed by atoms with van der Waals surface area (Å²) in [6.07, 6.45) is 0. The lowest BCUT2D eigenvalue weighted by molar-refractivity contribution is -0.116. The summed E-state index contributed by atoms with van der Waals surface area (Å²) in [7, 11) is 0. The van der Waals surface area contributed by atoms with Gasteiger partial charge in [-0.15, -0.1) is 11.8 Å². The van der Waals surface area contributed by atoms with Crippen molar-refractivity contribution >= 4 is 29.1 Å². The lowest BCUT2D eigenvalue weighted by Gasteiger charge is -2.06. The molecule has 0 aliphatic heterocycles. The van der Waals surface area contributed by atoms with Gasteiger partial charge in [-0.2, -0.15) is 0 Å². The molecule has 0 radical (unpaired) electrons. The van der Waals surface area contributed by atoms with Crippen molar-refractivity contribution in [2.75, 3.05) is 0 Å². The van der Waals surface area contributed by atoms with Crippen molar-refractivity contribution in [3.05, 3.63) is 34.9 Å². The van der Waals surface area contributed by atoms with Gasteiger partial charge in [0.05, 0.1) is 5.25 Å². The number of hydrogen-bond acceptors (Lipinski definition) is 2. The summed E-state index contributed by atoms with van der Waals surface area (Å²) in [5.74, 6) is 1.08. The molecule has 3 heteroatoms. The fourth-order valence-corrected chi connectivity index (χ4v) is 1.91. The van der Waals surface area contributed by atoms with Crippen LogP contribution in [0.3, 0.4) is 0 Å². The van der Waals surface area contributed by atoms with Gasteiger partial charge in [0.15, 0.2) is 0 Å². The van der Waals surface area contributed by atoms with Crippen molar-refractivity contribution in [3.8, 4) is 0 Å². The maximum atomic E-state index is 11.0. The van der Waals surface area contributed by atoms with Crippen molar-refractivity contribution < 1.29 is 4.79 Å². The van der Waals surface area contributed by atoms with E-state index in [1.165, 1.54) is 5.56 Å². The number of halogens is 1. The molecular weight excluding hydrogens is 216 g/mol. The molecule has 0 aliphatic carbocycles. The van der Waals surface area contributed by atoms with Crippen LogP contribution in [-0.2, 0) is 10.5 Å². The van der Waals surface area contributed by atoms with Crippen LogP contribution >= 0.6 is 23.4 Å². The van der Waals surface area contributed by atoms with Gasteiger partial charge in [0.1, 0.15) is 5.78 Å². The molecule has 0 heterocycles. The van der Waals surface area contributed by atoms with E-state index in [0.717, 1.165) is 10.8 Å². The molecule has 0 bridgehead atoms. The van der Waals surface area contributed by atoms with Crippen LogP contribution < -0.4 is 0 Å². The molecule has 1 unspecified atom stereocenters. The number of carbonyl (C=O) groups is 1. The number of rotatable bonds is 4.